The van der Waals surface area contributed by atoms with Gasteiger partial charge in [-0.1, -0.05) is 47.5 Å². The van der Waals surface area contributed by atoms with E-state index >= 15 is 0 Å². The van der Waals surface area contributed by atoms with Crippen molar-refractivity contribution in [2.24, 2.45) is 0 Å². The van der Waals surface area contributed by atoms with E-state index in [0.29, 0.717) is 40.9 Å². The molecule has 0 radical (unpaired) electrons. The Hall–Kier alpha value is -3.00. The molecule has 5 nitrogen and oxygen atoms in total. The summed E-state index contributed by atoms with van der Waals surface area (Å²) in [6.45, 7) is 2.58. The fourth-order valence-corrected chi connectivity index (χ4v) is 4.54. The lowest BCUT2D eigenvalue weighted by atomic mass is 10.1. The Morgan fingerprint density at radius 3 is 2.46 bits per heavy atom. The lowest BCUT2D eigenvalue weighted by Crippen LogP contribution is -2.27. The van der Waals surface area contributed by atoms with Gasteiger partial charge >= 0.3 is 0 Å². The maximum atomic E-state index is 13.3. The number of thioether (sulfide) groups is 1. The second kappa shape index (κ2) is 11.2. The molecule has 1 fully saturated rings. The monoisotopic (exact) mass is 531 g/mol. The van der Waals surface area contributed by atoms with Crippen molar-refractivity contribution >= 4 is 52.2 Å². The molecular formula is C26H20Cl2FNO4S. The molecule has 0 N–H and O–H groups in total. The number of carbonyl (C=O) groups excluding carboxylic acids is 2. The average molecular weight is 532 g/mol. The van der Waals surface area contributed by atoms with Crippen LogP contribution in [-0.4, -0.2) is 22.7 Å². The van der Waals surface area contributed by atoms with Gasteiger partial charge in [-0.25, -0.2) is 4.39 Å². The van der Waals surface area contributed by atoms with Crippen LogP contribution < -0.4 is 9.47 Å². The van der Waals surface area contributed by atoms with Crippen LogP contribution in [0.5, 0.6) is 11.5 Å². The van der Waals surface area contributed by atoms with Gasteiger partial charge in [0.1, 0.15) is 12.4 Å². The molecule has 180 valence electrons. The summed E-state index contributed by atoms with van der Waals surface area (Å²) < 4.78 is 25.0. The first-order valence-electron chi connectivity index (χ1n) is 10.7. The van der Waals surface area contributed by atoms with Crippen molar-refractivity contribution in [1.82, 2.24) is 4.90 Å². The first-order chi connectivity index (χ1) is 16.8. The number of imide groups is 1. The third kappa shape index (κ3) is 6.17. The van der Waals surface area contributed by atoms with Crippen molar-refractivity contribution < 1.29 is 23.5 Å². The smallest absolute Gasteiger partial charge is 0.293 e. The Labute approximate surface area is 216 Å². The molecule has 0 aliphatic carbocycles. The number of halogens is 3. The Balaban J connectivity index is 1.50. The molecular weight excluding hydrogens is 512 g/mol. The summed E-state index contributed by atoms with van der Waals surface area (Å²) in [6.07, 6.45) is 1.63. The fraction of sp³-hybridized carbons (Fsp3) is 0.154. The summed E-state index contributed by atoms with van der Waals surface area (Å²) in [5, 5.41) is 0.386. The van der Waals surface area contributed by atoms with Gasteiger partial charge in [0.05, 0.1) is 18.1 Å². The molecule has 4 rings (SSSR count). The van der Waals surface area contributed by atoms with Crippen LogP contribution in [0.25, 0.3) is 6.08 Å². The summed E-state index contributed by atoms with van der Waals surface area (Å²) in [6, 6.07) is 16.5. The van der Waals surface area contributed by atoms with E-state index in [4.69, 9.17) is 32.7 Å². The van der Waals surface area contributed by atoms with Crippen LogP contribution in [0.15, 0.2) is 65.6 Å². The highest BCUT2D eigenvalue weighted by Crippen LogP contribution is 2.36. The summed E-state index contributed by atoms with van der Waals surface area (Å²) in [4.78, 5) is 26.7. The number of benzene rings is 3. The SMILES string of the molecule is CCOc1cc(/C=C2/SC(=O)N(Cc3ccc(F)cc3Cl)C2=O)ccc1OCc1ccc(Cl)cc1. The minimum Gasteiger partial charge on any atom is -0.490 e. The Kier molecular flexibility index (Phi) is 8.00. The van der Waals surface area contributed by atoms with E-state index in [0.717, 1.165) is 28.3 Å². The molecule has 0 spiro atoms. The van der Waals surface area contributed by atoms with Crippen LogP contribution in [-0.2, 0) is 17.9 Å². The zero-order chi connectivity index (χ0) is 24.9. The summed E-state index contributed by atoms with van der Waals surface area (Å²) in [5.74, 6) is 0.144. The van der Waals surface area contributed by atoms with Gasteiger partial charge in [0.2, 0.25) is 0 Å². The van der Waals surface area contributed by atoms with Gasteiger partial charge in [-0.3, -0.25) is 14.5 Å². The number of hydrogen-bond donors (Lipinski definition) is 0. The number of rotatable bonds is 8. The fourth-order valence-electron chi connectivity index (χ4n) is 3.35. The summed E-state index contributed by atoms with van der Waals surface area (Å²) >= 11 is 12.8. The quantitative estimate of drug-likeness (QED) is 0.284. The normalized spacial score (nSPS) is 14.6. The highest BCUT2D eigenvalue weighted by molar-refractivity contribution is 8.18. The second-order valence-electron chi connectivity index (χ2n) is 7.56. The Morgan fingerprint density at radius 1 is 0.971 bits per heavy atom. The predicted octanol–water partition coefficient (Wildman–Crippen LogP) is 7.35. The van der Waals surface area contributed by atoms with Gasteiger partial charge in [0.15, 0.2) is 11.5 Å². The van der Waals surface area contributed by atoms with Crippen molar-refractivity contribution in [3.63, 3.8) is 0 Å². The molecule has 2 amide bonds. The van der Waals surface area contributed by atoms with Crippen LogP contribution in [0.1, 0.15) is 23.6 Å². The molecule has 35 heavy (non-hydrogen) atoms. The molecule has 1 aliphatic heterocycles. The number of amides is 2. The Bertz CT molecular complexity index is 1300. The minimum absolute atomic E-state index is 0.0389. The van der Waals surface area contributed by atoms with Crippen LogP contribution in [0.3, 0.4) is 0 Å². The largest absolute Gasteiger partial charge is 0.490 e. The van der Waals surface area contributed by atoms with Crippen LogP contribution in [0.4, 0.5) is 9.18 Å². The van der Waals surface area contributed by atoms with Gasteiger partial charge in [-0.15, -0.1) is 0 Å². The van der Waals surface area contributed by atoms with Crippen LogP contribution in [0, 0.1) is 5.82 Å². The summed E-state index contributed by atoms with van der Waals surface area (Å²) in [5.41, 5.74) is 2.12. The van der Waals surface area contributed by atoms with Crippen molar-refractivity contribution in [2.75, 3.05) is 6.61 Å². The molecule has 1 heterocycles. The first-order valence-corrected chi connectivity index (χ1v) is 12.2. The van der Waals surface area contributed by atoms with E-state index in [1.54, 1.807) is 36.4 Å². The maximum Gasteiger partial charge on any atom is 0.293 e. The van der Waals surface area contributed by atoms with Crippen molar-refractivity contribution in [2.45, 2.75) is 20.1 Å². The zero-order valence-electron chi connectivity index (χ0n) is 18.6. The summed E-state index contributed by atoms with van der Waals surface area (Å²) in [7, 11) is 0. The topological polar surface area (TPSA) is 55.8 Å². The van der Waals surface area contributed by atoms with E-state index in [1.165, 1.54) is 12.1 Å². The molecule has 0 unspecified atom stereocenters. The van der Waals surface area contributed by atoms with Gasteiger partial charge < -0.3 is 9.47 Å². The molecule has 1 aliphatic rings. The maximum absolute atomic E-state index is 13.3. The Morgan fingerprint density at radius 2 is 1.74 bits per heavy atom. The highest BCUT2D eigenvalue weighted by Gasteiger charge is 2.35. The van der Waals surface area contributed by atoms with E-state index in [1.807, 2.05) is 19.1 Å². The molecule has 0 aromatic heterocycles. The first kappa shape index (κ1) is 25.1. The van der Waals surface area contributed by atoms with Gasteiger partial charge in [0.25, 0.3) is 11.1 Å². The molecule has 0 bridgehead atoms. The van der Waals surface area contributed by atoms with Gasteiger partial charge in [-0.05, 0) is 77.9 Å². The number of nitrogens with zero attached hydrogens (tertiary/aromatic N) is 1. The molecule has 0 saturated carbocycles. The van der Waals surface area contributed by atoms with E-state index in [2.05, 4.69) is 0 Å². The molecule has 9 heteroatoms. The predicted molar refractivity (Wildman–Crippen MR) is 136 cm³/mol. The average Bonchev–Trinajstić information content (AvgIpc) is 3.08. The lowest BCUT2D eigenvalue weighted by Gasteiger charge is -2.14. The third-order valence-electron chi connectivity index (χ3n) is 5.09. The number of ether oxygens (including phenoxy) is 2. The van der Waals surface area contributed by atoms with Crippen molar-refractivity contribution in [1.29, 1.82) is 0 Å². The number of carbonyl (C=O) groups is 2. The zero-order valence-corrected chi connectivity index (χ0v) is 20.9. The minimum atomic E-state index is -0.488. The van der Waals surface area contributed by atoms with E-state index in [9.17, 15) is 14.0 Å². The molecule has 3 aromatic carbocycles. The third-order valence-corrected chi connectivity index (χ3v) is 6.60. The van der Waals surface area contributed by atoms with Crippen LogP contribution >= 0.6 is 35.0 Å². The van der Waals surface area contributed by atoms with Crippen molar-refractivity contribution in [3.8, 4) is 11.5 Å². The van der Waals surface area contributed by atoms with Gasteiger partial charge in [0, 0.05) is 10.0 Å². The highest BCUT2D eigenvalue weighted by atomic mass is 35.5. The number of hydrogen-bond acceptors (Lipinski definition) is 5. The van der Waals surface area contributed by atoms with Gasteiger partial charge in [-0.2, -0.15) is 0 Å². The molecule has 1 saturated heterocycles. The van der Waals surface area contributed by atoms with E-state index < -0.39 is 17.0 Å². The lowest BCUT2D eigenvalue weighted by molar-refractivity contribution is -0.123. The van der Waals surface area contributed by atoms with E-state index in [-0.39, 0.29) is 16.5 Å². The van der Waals surface area contributed by atoms with Crippen LogP contribution in [0.2, 0.25) is 10.0 Å². The molecule has 0 atom stereocenters. The second-order valence-corrected chi connectivity index (χ2v) is 9.39. The standard InChI is InChI=1S/C26H20Cl2FNO4S/c1-2-33-23-11-17(5-10-22(23)34-15-16-3-7-19(27)8-4-16)12-24-25(31)30(26(32)35-24)14-18-6-9-20(29)13-21(18)28/h3-13H,2,14-15H2,1H3/b24-12+. The van der Waals surface area contributed by atoms with Crippen molar-refractivity contribution in [3.05, 3.63) is 98.1 Å². The molecule has 3 aromatic rings.